The molecule has 2 atom stereocenters. The van der Waals surface area contributed by atoms with Crippen molar-refractivity contribution in [3.05, 3.63) is 77.8 Å². The van der Waals surface area contributed by atoms with Gasteiger partial charge in [0.2, 0.25) is 11.8 Å². The molecule has 0 spiro atoms. The molecule has 4 amide bonds. The molecule has 0 saturated carbocycles. The second kappa shape index (κ2) is 13.2. The first-order chi connectivity index (χ1) is 20.7. The molecule has 5 rings (SSSR count). The van der Waals surface area contributed by atoms with Gasteiger partial charge in [0.05, 0.1) is 28.8 Å². The number of para-hydroxylation sites is 1. The lowest BCUT2D eigenvalue weighted by molar-refractivity contribution is -0.190. The van der Waals surface area contributed by atoms with Gasteiger partial charge in [-0.3, -0.25) is 9.59 Å². The van der Waals surface area contributed by atoms with Gasteiger partial charge in [0.15, 0.2) is 0 Å². The molecule has 3 heterocycles. The number of carbonyl (C=O) groups excluding carboxylic acids is 3. The van der Waals surface area contributed by atoms with Crippen molar-refractivity contribution in [2.45, 2.75) is 38.1 Å². The number of piperazine rings is 1. The lowest BCUT2D eigenvalue weighted by Crippen LogP contribution is -2.76. The highest BCUT2D eigenvalue weighted by Gasteiger charge is 2.51. The van der Waals surface area contributed by atoms with E-state index in [4.69, 9.17) is 5.14 Å². The quantitative estimate of drug-likeness (QED) is 0.214. The van der Waals surface area contributed by atoms with Crippen LogP contribution in [0, 0.1) is 0 Å². The van der Waals surface area contributed by atoms with Crippen LogP contribution in [0.15, 0.2) is 66.7 Å². The molecule has 0 bridgehead atoms. The third kappa shape index (κ3) is 7.02. The molecule has 43 heavy (non-hydrogen) atoms. The number of hydrogen-bond acceptors (Lipinski definition) is 8. The van der Waals surface area contributed by atoms with Gasteiger partial charge in [-0.05, 0) is 30.0 Å². The third-order valence-corrected chi connectivity index (χ3v) is 8.83. The Hall–Kier alpha value is -3.89. The average molecular weight is 627 g/mol. The Labute approximate surface area is 254 Å². The highest BCUT2D eigenvalue weighted by atomic mass is 32.2. The normalized spacial score (nSPS) is 19.5. The van der Waals surface area contributed by atoms with Crippen molar-refractivity contribution in [3.8, 4) is 0 Å². The number of nitrogens with two attached hydrogens (primary N) is 1. The monoisotopic (exact) mass is 626 g/mol. The summed E-state index contributed by atoms with van der Waals surface area (Å²) in [5.74, 6) is -0.591. The van der Waals surface area contributed by atoms with Gasteiger partial charge >= 0.3 is 6.03 Å². The van der Waals surface area contributed by atoms with Crippen molar-refractivity contribution in [2.75, 3.05) is 26.2 Å². The van der Waals surface area contributed by atoms with E-state index in [0.717, 1.165) is 21.3 Å². The lowest BCUT2D eigenvalue weighted by Gasteiger charge is -2.55. The van der Waals surface area contributed by atoms with Gasteiger partial charge in [0.1, 0.15) is 12.2 Å². The smallest absolute Gasteiger partial charge is 0.333 e. The first kappa shape index (κ1) is 30.6. The zero-order chi connectivity index (χ0) is 30.6. The maximum Gasteiger partial charge on any atom is 0.334 e. The summed E-state index contributed by atoms with van der Waals surface area (Å²) in [7, 11) is -3.91. The maximum absolute atomic E-state index is 14.0. The highest BCUT2D eigenvalue weighted by Crippen LogP contribution is 2.31. The van der Waals surface area contributed by atoms with Crippen molar-refractivity contribution in [2.24, 2.45) is 5.14 Å². The summed E-state index contributed by atoms with van der Waals surface area (Å²) >= 11 is 1.50. The summed E-state index contributed by atoms with van der Waals surface area (Å²) in [4.78, 5) is 49.0. The van der Waals surface area contributed by atoms with Gasteiger partial charge in [0.25, 0.3) is 10.2 Å². The van der Waals surface area contributed by atoms with E-state index in [1.807, 2.05) is 48.5 Å². The third-order valence-electron chi connectivity index (χ3n) is 7.43. The number of benzene rings is 2. The van der Waals surface area contributed by atoms with Crippen molar-refractivity contribution < 1.29 is 22.8 Å². The average Bonchev–Trinajstić information content (AvgIpc) is 3.46. The van der Waals surface area contributed by atoms with E-state index >= 15 is 0 Å². The van der Waals surface area contributed by atoms with Crippen LogP contribution in [-0.4, -0.2) is 89.5 Å². The summed E-state index contributed by atoms with van der Waals surface area (Å²) in [6.45, 7) is 4.49. The minimum atomic E-state index is -3.91. The Balaban J connectivity index is 1.46. The van der Waals surface area contributed by atoms with Gasteiger partial charge in [-0.25, -0.2) is 29.7 Å². The summed E-state index contributed by atoms with van der Waals surface area (Å²) in [5, 5.41) is 11.2. The molecule has 0 aliphatic carbocycles. The molecular weight excluding hydrogens is 592 g/mol. The second-order valence-corrected chi connectivity index (χ2v) is 12.6. The van der Waals surface area contributed by atoms with E-state index in [9.17, 15) is 22.8 Å². The summed E-state index contributed by atoms with van der Waals surface area (Å²) in [6.07, 6.45) is 1.23. The molecule has 3 aromatic rings. The van der Waals surface area contributed by atoms with Crippen LogP contribution in [0.3, 0.4) is 0 Å². The number of carbonyl (C=O) groups is 3. The molecule has 2 aliphatic heterocycles. The van der Waals surface area contributed by atoms with Crippen LogP contribution in [0.5, 0.6) is 0 Å². The fourth-order valence-electron chi connectivity index (χ4n) is 5.56. The molecule has 228 valence electrons. The zero-order valence-electron chi connectivity index (χ0n) is 23.5. The Kier molecular flexibility index (Phi) is 9.37. The molecule has 13 nitrogen and oxygen atoms in total. The Morgan fingerprint density at radius 3 is 2.70 bits per heavy atom. The molecule has 2 aromatic carbocycles. The van der Waals surface area contributed by atoms with Gasteiger partial charge in [-0.1, -0.05) is 48.5 Å². The lowest BCUT2D eigenvalue weighted by atomic mass is 10.0. The maximum atomic E-state index is 14.0. The molecule has 2 saturated heterocycles. The number of nitrogens with one attached hydrogen (secondary N) is 2. The van der Waals surface area contributed by atoms with Gasteiger partial charge in [-0.2, -0.15) is 8.42 Å². The van der Waals surface area contributed by atoms with Crippen LogP contribution in [0.2, 0.25) is 0 Å². The predicted molar refractivity (Wildman–Crippen MR) is 162 cm³/mol. The number of fused-ring (bicyclic) bond motifs is 2. The minimum absolute atomic E-state index is 0.00267. The summed E-state index contributed by atoms with van der Waals surface area (Å²) in [5.41, 5.74) is 4.30. The second-order valence-electron chi connectivity index (χ2n) is 10.3. The molecule has 0 unspecified atom stereocenters. The number of nitrogens with zero attached hydrogens (tertiary/aromatic N) is 5. The fraction of sp³-hybridized carbons (Fsp3) is 0.357. The Morgan fingerprint density at radius 2 is 1.95 bits per heavy atom. The summed E-state index contributed by atoms with van der Waals surface area (Å²) in [6, 6.07) is 13.9. The fourth-order valence-corrected chi connectivity index (χ4v) is 6.72. The predicted octanol–water partition coefficient (Wildman–Crippen LogP) is 1.36. The van der Waals surface area contributed by atoms with Crippen LogP contribution in [-0.2, 0) is 32.9 Å². The molecule has 2 aliphatic rings. The van der Waals surface area contributed by atoms with Crippen LogP contribution >= 0.6 is 11.3 Å². The molecule has 15 heteroatoms. The SMILES string of the molecule is C=CCN1CC(=O)N2[C@@H](CCCNS(N)(=O)=O)C(=O)N(Cc3cccc4scnc34)C[C@@H]2N1C(=O)NCc1ccccc1. The van der Waals surface area contributed by atoms with Crippen molar-refractivity contribution in [3.63, 3.8) is 0 Å². The number of rotatable bonds is 11. The van der Waals surface area contributed by atoms with E-state index in [1.165, 1.54) is 21.2 Å². The molecule has 1 aromatic heterocycles. The molecule has 2 fully saturated rings. The highest BCUT2D eigenvalue weighted by molar-refractivity contribution is 7.87. The van der Waals surface area contributed by atoms with Gasteiger partial charge in [-0.15, -0.1) is 17.9 Å². The standard InChI is InChI=1S/C28H34N8O5S2/c1-2-14-34-18-25(37)35-22(11-7-13-32-43(29,40)41)27(38)33(16-21-10-6-12-23-26(21)31-19-42-23)17-24(35)36(34)28(39)30-15-20-8-4-3-5-9-20/h2-6,8-10,12,19,22,24,32H,1,7,11,13-18H2,(H,30,39)(H2,29,40,41)/t22-,24-/m0/s1. The summed E-state index contributed by atoms with van der Waals surface area (Å²) < 4.78 is 26.0. The first-order valence-corrected chi connectivity index (χ1v) is 16.2. The molecule has 0 radical (unpaired) electrons. The van der Waals surface area contributed by atoms with Crippen LogP contribution in [0.1, 0.15) is 24.0 Å². The zero-order valence-corrected chi connectivity index (χ0v) is 25.1. The van der Waals surface area contributed by atoms with E-state index in [-0.39, 0.29) is 63.9 Å². The Bertz CT molecular complexity index is 1600. The number of thiazole rings is 1. The number of aromatic nitrogens is 1. The first-order valence-electron chi connectivity index (χ1n) is 13.8. The van der Waals surface area contributed by atoms with Gasteiger partial charge < -0.3 is 15.1 Å². The largest absolute Gasteiger partial charge is 0.334 e. The van der Waals surface area contributed by atoms with Crippen LogP contribution in [0.4, 0.5) is 4.79 Å². The van der Waals surface area contributed by atoms with Crippen molar-refractivity contribution >= 4 is 49.6 Å². The van der Waals surface area contributed by atoms with E-state index in [0.29, 0.717) is 0 Å². The van der Waals surface area contributed by atoms with Crippen LogP contribution < -0.4 is 15.2 Å². The van der Waals surface area contributed by atoms with Gasteiger partial charge in [0, 0.05) is 26.2 Å². The van der Waals surface area contributed by atoms with Crippen LogP contribution in [0.25, 0.3) is 10.2 Å². The number of hydrazine groups is 1. The molecular formula is C28H34N8O5S2. The molecule has 4 N–H and O–H groups in total. The minimum Gasteiger partial charge on any atom is -0.333 e. The van der Waals surface area contributed by atoms with E-state index < -0.39 is 28.4 Å². The topological polar surface area (TPSA) is 161 Å². The van der Waals surface area contributed by atoms with E-state index in [2.05, 4.69) is 21.6 Å². The Morgan fingerprint density at radius 1 is 1.16 bits per heavy atom. The van der Waals surface area contributed by atoms with E-state index in [1.54, 1.807) is 21.5 Å². The number of hydrogen-bond donors (Lipinski definition) is 3. The van der Waals surface area contributed by atoms with Crippen molar-refractivity contribution in [1.82, 2.24) is 34.8 Å². The number of amides is 4. The number of urea groups is 1. The van der Waals surface area contributed by atoms with Crippen molar-refractivity contribution in [1.29, 1.82) is 0 Å².